The lowest BCUT2D eigenvalue weighted by Gasteiger charge is -2.03. The van der Waals surface area contributed by atoms with Crippen molar-refractivity contribution in [1.82, 2.24) is 0 Å². The summed E-state index contributed by atoms with van der Waals surface area (Å²) in [5.41, 5.74) is 0.851. The van der Waals surface area contributed by atoms with E-state index in [1.807, 2.05) is 0 Å². The van der Waals surface area contributed by atoms with Crippen LogP contribution in [0.1, 0.15) is 11.1 Å². The first-order valence-corrected chi connectivity index (χ1v) is 3.71. The van der Waals surface area contributed by atoms with E-state index in [1.54, 1.807) is 0 Å². The van der Waals surface area contributed by atoms with Gasteiger partial charge in [0.1, 0.15) is 12.4 Å². The fourth-order valence-corrected chi connectivity index (χ4v) is 0.961. The van der Waals surface area contributed by atoms with Gasteiger partial charge in [-0.1, -0.05) is 6.07 Å². The van der Waals surface area contributed by atoms with Gasteiger partial charge in [-0.15, -0.1) is 0 Å². The fourth-order valence-electron chi connectivity index (χ4n) is 0.961. The normalized spacial score (nSPS) is 9.69. The molecule has 0 saturated carbocycles. The molecule has 0 heterocycles. The third-order valence-electron chi connectivity index (χ3n) is 1.60. The smallest absolute Gasteiger partial charge is 0.293 e. The van der Waals surface area contributed by atoms with Crippen LogP contribution < -0.4 is 0 Å². The quantitative estimate of drug-likeness (QED) is 0.710. The first-order valence-electron chi connectivity index (χ1n) is 3.71. The number of aliphatic hydroxyl groups is 1. The first kappa shape index (κ1) is 9.67. The van der Waals surface area contributed by atoms with Crippen LogP contribution in [0, 0.1) is 5.82 Å². The molecule has 3 nitrogen and oxygen atoms in total. The largest absolute Gasteiger partial charge is 0.463 e. The van der Waals surface area contributed by atoms with Crippen molar-refractivity contribution in [2.45, 2.75) is 13.2 Å². The summed E-state index contributed by atoms with van der Waals surface area (Å²) in [5, 5.41) is 8.75. The number of hydrogen-bond donors (Lipinski definition) is 1. The molecule has 0 aromatic heterocycles. The van der Waals surface area contributed by atoms with Gasteiger partial charge in [0.25, 0.3) is 6.47 Å². The SMILES string of the molecule is O=COCc1cc(CO)ccc1F. The molecule has 0 radical (unpaired) electrons. The number of carbonyl (C=O) groups is 1. The molecule has 70 valence electrons. The van der Waals surface area contributed by atoms with Gasteiger partial charge in [-0.05, 0) is 17.7 Å². The van der Waals surface area contributed by atoms with E-state index < -0.39 is 5.82 Å². The molecule has 0 atom stereocenters. The maximum Gasteiger partial charge on any atom is 0.293 e. The molecule has 1 rings (SSSR count). The molecule has 0 saturated heterocycles. The van der Waals surface area contributed by atoms with Gasteiger partial charge in [0.2, 0.25) is 0 Å². The fraction of sp³-hybridized carbons (Fsp3) is 0.222. The van der Waals surface area contributed by atoms with Crippen LogP contribution >= 0.6 is 0 Å². The summed E-state index contributed by atoms with van der Waals surface area (Å²) in [5.74, 6) is -0.445. The molecule has 1 N–H and O–H groups in total. The van der Waals surface area contributed by atoms with E-state index in [1.165, 1.54) is 18.2 Å². The average Bonchev–Trinajstić information content (AvgIpc) is 2.17. The number of aliphatic hydroxyl groups excluding tert-OH is 1. The van der Waals surface area contributed by atoms with Crippen LogP contribution in [0.2, 0.25) is 0 Å². The van der Waals surface area contributed by atoms with E-state index in [0.29, 0.717) is 5.56 Å². The van der Waals surface area contributed by atoms with E-state index in [9.17, 15) is 9.18 Å². The van der Waals surface area contributed by atoms with Crippen LogP contribution in [0.4, 0.5) is 4.39 Å². The van der Waals surface area contributed by atoms with Crippen molar-refractivity contribution in [2.24, 2.45) is 0 Å². The summed E-state index contributed by atoms with van der Waals surface area (Å²) in [7, 11) is 0. The molecule has 0 aliphatic rings. The summed E-state index contributed by atoms with van der Waals surface area (Å²) in [6, 6.07) is 4.16. The van der Waals surface area contributed by atoms with E-state index >= 15 is 0 Å². The van der Waals surface area contributed by atoms with E-state index in [0.717, 1.165) is 0 Å². The number of ether oxygens (including phenoxy) is 1. The van der Waals surface area contributed by atoms with Crippen molar-refractivity contribution in [3.8, 4) is 0 Å². The molecule has 13 heavy (non-hydrogen) atoms. The van der Waals surface area contributed by atoms with Crippen molar-refractivity contribution in [2.75, 3.05) is 0 Å². The van der Waals surface area contributed by atoms with E-state index in [-0.39, 0.29) is 25.2 Å². The topological polar surface area (TPSA) is 46.5 Å². The van der Waals surface area contributed by atoms with Gasteiger partial charge in [0.15, 0.2) is 0 Å². The number of halogens is 1. The third-order valence-corrected chi connectivity index (χ3v) is 1.60. The van der Waals surface area contributed by atoms with Crippen LogP contribution in [0.3, 0.4) is 0 Å². The van der Waals surface area contributed by atoms with Gasteiger partial charge in [-0.25, -0.2) is 4.39 Å². The van der Waals surface area contributed by atoms with Crippen LogP contribution in [-0.2, 0) is 22.7 Å². The Balaban J connectivity index is 2.83. The molecule has 0 unspecified atom stereocenters. The van der Waals surface area contributed by atoms with E-state index in [2.05, 4.69) is 4.74 Å². The zero-order valence-electron chi connectivity index (χ0n) is 6.87. The van der Waals surface area contributed by atoms with Crippen molar-refractivity contribution in [3.63, 3.8) is 0 Å². The summed E-state index contributed by atoms with van der Waals surface area (Å²) in [4.78, 5) is 9.85. The first-order chi connectivity index (χ1) is 6.27. The molecule has 1 aromatic carbocycles. The maximum atomic E-state index is 13.0. The predicted octanol–water partition coefficient (Wildman–Crippen LogP) is 0.991. The maximum absolute atomic E-state index is 13.0. The number of carbonyl (C=O) groups excluding carboxylic acids is 1. The Kier molecular flexibility index (Phi) is 3.40. The minimum atomic E-state index is -0.445. The van der Waals surface area contributed by atoms with Crippen LogP contribution in [0.5, 0.6) is 0 Å². The number of rotatable bonds is 4. The molecule has 0 bridgehead atoms. The average molecular weight is 184 g/mol. The molecular weight excluding hydrogens is 175 g/mol. The second-order valence-electron chi connectivity index (χ2n) is 2.49. The molecule has 0 aliphatic heterocycles. The minimum absolute atomic E-state index is 0.108. The molecule has 0 fully saturated rings. The van der Waals surface area contributed by atoms with E-state index in [4.69, 9.17) is 5.11 Å². The lowest BCUT2D eigenvalue weighted by atomic mass is 10.1. The van der Waals surface area contributed by atoms with Crippen molar-refractivity contribution >= 4 is 6.47 Å². The zero-order valence-corrected chi connectivity index (χ0v) is 6.87. The lowest BCUT2D eigenvalue weighted by Crippen LogP contribution is -1.96. The van der Waals surface area contributed by atoms with Crippen molar-refractivity contribution < 1.29 is 19.0 Å². The predicted molar refractivity (Wildman–Crippen MR) is 43.2 cm³/mol. The molecule has 1 aromatic rings. The summed E-state index contributed by atoms with van der Waals surface area (Å²) in [6.07, 6.45) is 0. The Labute approximate surface area is 74.8 Å². The van der Waals surface area contributed by atoms with Crippen molar-refractivity contribution in [3.05, 3.63) is 35.1 Å². The lowest BCUT2D eigenvalue weighted by molar-refractivity contribution is -0.129. The molecular formula is C9H9FO3. The molecule has 0 aliphatic carbocycles. The Hall–Kier alpha value is -1.42. The molecule has 4 heteroatoms. The van der Waals surface area contributed by atoms with Crippen molar-refractivity contribution in [1.29, 1.82) is 0 Å². The van der Waals surface area contributed by atoms with Gasteiger partial charge >= 0.3 is 0 Å². The van der Waals surface area contributed by atoms with Crippen LogP contribution in [0.25, 0.3) is 0 Å². The third kappa shape index (κ3) is 2.52. The zero-order chi connectivity index (χ0) is 9.68. The Morgan fingerprint density at radius 2 is 2.31 bits per heavy atom. The highest BCUT2D eigenvalue weighted by atomic mass is 19.1. The Morgan fingerprint density at radius 1 is 1.54 bits per heavy atom. The summed E-state index contributed by atoms with van der Waals surface area (Å²) < 4.78 is 17.3. The van der Waals surface area contributed by atoms with Gasteiger partial charge < -0.3 is 9.84 Å². The second kappa shape index (κ2) is 4.57. The molecule has 0 spiro atoms. The minimum Gasteiger partial charge on any atom is -0.463 e. The number of hydrogen-bond acceptors (Lipinski definition) is 3. The molecule has 0 amide bonds. The summed E-state index contributed by atoms with van der Waals surface area (Å²) >= 11 is 0. The van der Waals surface area contributed by atoms with Gasteiger partial charge in [-0.2, -0.15) is 0 Å². The van der Waals surface area contributed by atoms with Crippen LogP contribution in [-0.4, -0.2) is 11.6 Å². The second-order valence-corrected chi connectivity index (χ2v) is 2.49. The van der Waals surface area contributed by atoms with Crippen LogP contribution in [0.15, 0.2) is 18.2 Å². The summed E-state index contributed by atoms with van der Waals surface area (Å²) in [6.45, 7) is -0.0113. The van der Waals surface area contributed by atoms with Gasteiger partial charge in [0, 0.05) is 5.56 Å². The highest BCUT2D eigenvalue weighted by Crippen LogP contribution is 2.11. The Morgan fingerprint density at radius 3 is 2.92 bits per heavy atom. The van der Waals surface area contributed by atoms with Gasteiger partial charge in [-0.3, -0.25) is 4.79 Å². The monoisotopic (exact) mass is 184 g/mol. The highest BCUT2D eigenvalue weighted by Gasteiger charge is 2.03. The Bertz CT molecular complexity index is 299. The van der Waals surface area contributed by atoms with Gasteiger partial charge in [0.05, 0.1) is 6.61 Å². The highest BCUT2D eigenvalue weighted by molar-refractivity contribution is 5.37. The number of benzene rings is 1. The standard InChI is InChI=1S/C9H9FO3/c10-9-2-1-7(4-11)3-8(9)5-13-6-12/h1-3,6,11H,4-5H2.